The van der Waals surface area contributed by atoms with Crippen molar-refractivity contribution in [3.63, 3.8) is 0 Å². The van der Waals surface area contributed by atoms with E-state index in [2.05, 4.69) is 133 Å². The van der Waals surface area contributed by atoms with Crippen LogP contribution in [0.3, 0.4) is 0 Å². The highest BCUT2D eigenvalue weighted by Gasteiger charge is 2.38. The fourth-order valence-corrected chi connectivity index (χ4v) is 12.0. The molecule has 0 radical (unpaired) electrons. The van der Waals surface area contributed by atoms with E-state index in [4.69, 9.17) is 9.05 Å². The van der Waals surface area contributed by atoms with Crippen LogP contribution in [0.25, 0.3) is 54.2 Å². The SMILES string of the molecule is O=P1(CCP(c2ccccc2)c2ccccc2)Oc2c(c3ccccc3c3ccccc23)-c2c(c3ccccc3c3ccccc23)O1. The predicted octanol–water partition coefficient (Wildman–Crippen LogP) is 11.1. The lowest BCUT2D eigenvalue weighted by Crippen LogP contribution is -2.17. The maximum atomic E-state index is 15.5. The molecule has 0 unspecified atom stereocenters. The monoisotopic (exact) mass is 644 g/mol. The predicted molar refractivity (Wildman–Crippen MR) is 200 cm³/mol. The summed E-state index contributed by atoms with van der Waals surface area (Å²) in [5, 5.41) is 10.8. The molecule has 0 atom stereocenters. The third-order valence-corrected chi connectivity index (χ3v) is 13.8. The van der Waals surface area contributed by atoms with Crippen LogP contribution >= 0.6 is 15.5 Å². The summed E-state index contributed by atoms with van der Waals surface area (Å²) in [6, 6.07) is 54.6. The lowest BCUT2D eigenvalue weighted by atomic mass is 9.87. The Morgan fingerprint density at radius 3 is 1.13 bits per heavy atom. The Labute approximate surface area is 274 Å². The summed E-state index contributed by atoms with van der Waals surface area (Å²) in [6.45, 7) is 0. The zero-order chi connectivity index (χ0) is 31.4. The molecule has 9 rings (SSSR count). The summed E-state index contributed by atoms with van der Waals surface area (Å²) in [5.41, 5.74) is 1.87. The maximum absolute atomic E-state index is 15.5. The Kier molecular flexibility index (Phi) is 6.86. The molecule has 226 valence electrons. The van der Waals surface area contributed by atoms with Gasteiger partial charge in [0.25, 0.3) is 0 Å². The molecule has 1 heterocycles. The Bertz CT molecular complexity index is 2340. The Balaban J connectivity index is 1.32. The molecule has 0 fully saturated rings. The van der Waals surface area contributed by atoms with Gasteiger partial charge >= 0.3 is 7.60 Å². The Morgan fingerprint density at radius 1 is 0.404 bits per heavy atom. The van der Waals surface area contributed by atoms with Crippen molar-refractivity contribution in [1.82, 2.24) is 0 Å². The van der Waals surface area contributed by atoms with Crippen molar-refractivity contribution in [3.05, 3.63) is 158 Å². The first-order valence-electron chi connectivity index (χ1n) is 15.9. The number of fused-ring (bicyclic) bond motifs is 13. The van der Waals surface area contributed by atoms with Crippen LogP contribution in [-0.2, 0) is 4.57 Å². The van der Waals surface area contributed by atoms with Crippen molar-refractivity contribution < 1.29 is 13.6 Å². The summed E-state index contributed by atoms with van der Waals surface area (Å²) < 4.78 is 29.3. The van der Waals surface area contributed by atoms with E-state index < -0.39 is 15.5 Å². The van der Waals surface area contributed by atoms with Gasteiger partial charge in [-0.2, -0.15) is 0 Å². The highest BCUT2D eigenvalue weighted by atomic mass is 31.2. The number of hydrogen-bond acceptors (Lipinski definition) is 3. The molecule has 0 bridgehead atoms. The summed E-state index contributed by atoms with van der Waals surface area (Å²) in [4.78, 5) is 0. The zero-order valence-corrected chi connectivity index (χ0v) is 27.3. The quantitative estimate of drug-likeness (QED) is 0.138. The molecule has 0 amide bonds. The second-order valence-electron chi connectivity index (χ2n) is 11.9. The second kappa shape index (κ2) is 11.4. The van der Waals surface area contributed by atoms with Gasteiger partial charge in [0.1, 0.15) is 11.5 Å². The van der Waals surface area contributed by atoms with E-state index in [1.54, 1.807) is 0 Å². The lowest BCUT2D eigenvalue weighted by molar-refractivity contribution is 0.396. The van der Waals surface area contributed by atoms with Gasteiger partial charge < -0.3 is 9.05 Å². The fourth-order valence-electron chi connectivity index (χ4n) is 7.14. The van der Waals surface area contributed by atoms with Gasteiger partial charge in [-0.05, 0) is 57.0 Å². The minimum absolute atomic E-state index is 0.268. The number of rotatable bonds is 5. The van der Waals surface area contributed by atoms with Crippen molar-refractivity contribution in [2.24, 2.45) is 0 Å². The van der Waals surface area contributed by atoms with Crippen LogP contribution in [0, 0.1) is 0 Å². The molecule has 47 heavy (non-hydrogen) atoms. The van der Waals surface area contributed by atoms with E-state index in [1.807, 2.05) is 24.3 Å². The molecule has 0 aliphatic carbocycles. The standard InChI is InChI=1S/C42H30O3P2/c43-47(28-27-46(29-15-3-1-4-16-29)30-17-5-2-6-18-30)44-41-37-25-13-9-21-33(37)31-19-7-11-23-35(31)39(41)40-36-24-12-8-20-32(36)34-22-10-14-26-38(34)42(40)45-47/h1-26H,27-28H2. The normalized spacial score (nSPS) is 13.6. The van der Waals surface area contributed by atoms with Gasteiger partial charge in [-0.3, -0.25) is 0 Å². The van der Waals surface area contributed by atoms with Crippen LogP contribution in [0.4, 0.5) is 0 Å². The van der Waals surface area contributed by atoms with Crippen LogP contribution < -0.4 is 19.7 Å². The summed E-state index contributed by atoms with van der Waals surface area (Å²) >= 11 is 0. The molecule has 3 nitrogen and oxygen atoms in total. The van der Waals surface area contributed by atoms with Crippen LogP contribution in [0.1, 0.15) is 0 Å². The van der Waals surface area contributed by atoms with Gasteiger partial charge in [-0.15, -0.1) is 0 Å². The Morgan fingerprint density at radius 2 is 0.723 bits per heavy atom. The van der Waals surface area contributed by atoms with E-state index in [1.165, 1.54) is 10.6 Å². The topological polar surface area (TPSA) is 35.5 Å². The molecule has 8 aromatic rings. The molecule has 8 aromatic carbocycles. The molecule has 1 aliphatic rings. The summed E-state index contributed by atoms with van der Waals surface area (Å²) in [7, 11) is -4.57. The molecule has 1 aliphatic heterocycles. The smallest absolute Gasteiger partial charge is 0.415 e. The third-order valence-electron chi connectivity index (χ3n) is 9.21. The highest BCUT2D eigenvalue weighted by molar-refractivity contribution is 7.73. The largest absolute Gasteiger partial charge is 0.431 e. The first kappa shape index (κ1) is 28.3. The molecule has 0 aromatic heterocycles. The second-order valence-corrected chi connectivity index (χ2v) is 16.3. The molecule has 0 saturated heterocycles. The van der Waals surface area contributed by atoms with E-state index in [0.29, 0.717) is 17.7 Å². The number of hydrogen-bond donors (Lipinski definition) is 0. The van der Waals surface area contributed by atoms with Gasteiger partial charge in [-0.25, -0.2) is 4.57 Å². The van der Waals surface area contributed by atoms with E-state index >= 15 is 4.57 Å². The molecular formula is C42H30O3P2. The van der Waals surface area contributed by atoms with E-state index in [-0.39, 0.29) is 6.16 Å². The number of benzene rings is 8. The van der Waals surface area contributed by atoms with Crippen molar-refractivity contribution in [3.8, 4) is 22.6 Å². The van der Waals surface area contributed by atoms with E-state index in [0.717, 1.165) is 54.2 Å². The minimum atomic E-state index is -3.76. The van der Waals surface area contributed by atoms with Crippen molar-refractivity contribution in [2.75, 3.05) is 12.3 Å². The average Bonchev–Trinajstić information content (AvgIpc) is 3.28. The highest BCUT2D eigenvalue weighted by Crippen LogP contribution is 2.63. The molecule has 0 saturated carbocycles. The van der Waals surface area contributed by atoms with E-state index in [9.17, 15) is 0 Å². The summed E-state index contributed by atoms with van der Waals surface area (Å²) in [6.07, 6.45) is 0.923. The van der Waals surface area contributed by atoms with Gasteiger partial charge in [0.05, 0.1) is 6.16 Å². The third kappa shape index (κ3) is 4.73. The minimum Gasteiger partial charge on any atom is -0.415 e. The van der Waals surface area contributed by atoms with Crippen LogP contribution in [-0.4, -0.2) is 12.3 Å². The van der Waals surface area contributed by atoms with Gasteiger partial charge in [0.15, 0.2) is 0 Å². The fraction of sp³-hybridized carbons (Fsp3) is 0.0476. The molecular weight excluding hydrogens is 614 g/mol. The molecule has 5 heteroatoms. The lowest BCUT2D eigenvalue weighted by Gasteiger charge is -2.23. The van der Waals surface area contributed by atoms with Crippen molar-refractivity contribution >= 4 is 69.2 Å². The molecule has 0 spiro atoms. The maximum Gasteiger partial charge on any atom is 0.431 e. The van der Waals surface area contributed by atoms with Crippen LogP contribution in [0.2, 0.25) is 0 Å². The molecule has 0 N–H and O–H groups in total. The van der Waals surface area contributed by atoms with Gasteiger partial charge in [-0.1, -0.05) is 158 Å². The van der Waals surface area contributed by atoms with Crippen LogP contribution in [0.5, 0.6) is 11.5 Å². The summed E-state index contributed by atoms with van der Waals surface area (Å²) in [5.74, 6) is 1.26. The van der Waals surface area contributed by atoms with Crippen molar-refractivity contribution in [2.45, 2.75) is 0 Å². The van der Waals surface area contributed by atoms with Gasteiger partial charge in [0.2, 0.25) is 0 Å². The van der Waals surface area contributed by atoms with Crippen molar-refractivity contribution in [1.29, 1.82) is 0 Å². The Hall–Kier alpha value is -4.94. The van der Waals surface area contributed by atoms with Crippen LogP contribution in [0.15, 0.2) is 158 Å². The first-order valence-corrected chi connectivity index (χ1v) is 19.2. The zero-order valence-electron chi connectivity index (χ0n) is 25.5. The van der Waals surface area contributed by atoms with Gasteiger partial charge in [0, 0.05) is 21.9 Å². The first-order chi connectivity index (χ1) is 23.2. The average molecular weight is 645 g/mol.